The maximum atomic E-state index is 11.8. The van der Waals surface area contributed by atoms with Gasteiger partial charge in [0, 0.05) is 24.9 Å². The number of amides is 1. The van der Waals surface area contributed by atoms with Gasteiger partial charge in [0.2, 0.25) is 5.91 Å². The van der Waals surface area contributed by atoms with Gasteiger partial charge in [0.25, 0.3) is 0 Å². The van der Waals surface area contributed by atoms with Crippen molar-refractivity contribution in [2.24, 2.45) is 0 Å². The minimum absolute atomic E-state index is 0.217. The summed E-state index contributed by atoms with van der Waals surface area (Å²) in [5, 5.41) is 6.81. The summed E-state index contributed by atoms with van der Waals surface area (Å²) in [6, 6.07) is 11.2. The van der Waals surface area contributed by atoms with Gasteiger partial charge >= 0.3 is 0 Å². The van der Waals surface area contributed by atoms with Gasteiger partial charge in [0.1, 0.15) is 0 Å². The van der Waals surface area contributed by atoms with Crippen LogP contribution in [0.25, 0.3) is 0 Å². The quantitative estimate of drug-likeness (QED) is 0.791. The van der Waals surface area contributed by atoms with E-state index in [1.807, 2.05) is 6.07 Å². The second kappa shape index (κ2) is 5.11. The van der Waals surface area contributed by atoms with E-state index in [0.29, 0.717) is 18.4 Å². The first-order valence-corrected chi connectivity index (χ1v) is 6.92. The Morgan fingerprint density at radius 1 is 1.11 bits per heavy atom. The van der Waals surface area contributed by atoms with Gasteiger partial charge < -0.3 is 10.6 Å². The largest absolute Gasteiger partial charge is 0.351 e. The van der Waals surface area contributed by atoms with Crippen LogP contribution in [0.3, 0.4) is 0 Å². The molecule has 96 valence electrons. The lowest BCUT2D eigenvalue weighted by Gasteiger charge is -2.27. The summed E-state index contributed by atoms with van der Waals surface area (Å²) in [5.41, 5.74) is 1.33. The standard InChI is InChI=1S/C15H20N2O/c18-14-9-5-4-8-13-15(17-14)12(10-16-13)11-6-2-1-3-7-11/h1-3,6-7,12-13,15-16H,4-5,8-10H2,(H,17,18)/t12-,13+,15-/m0/s1. The minimum Gasteiger partial charge on any atom is -0.351 e. The van der Waals surface area contributed by atoms with Crippen molar-refractivity contribution < 1.29 is 4.79 Å². The normalized spacial score (nSPS) is 32.2. The molecular weight excluding hydrogens is 224 g/mol. The summed E-state index contributed by atoms with van der Waals surface area (Å²) < 4.78 is 0. The molecule has 3 atom stereocenters. The molecule has 3 heteroatoms. The maximum Gasteiger partial charge on any atom is 0.220 e. The number of fused-ring (bicyclic) bond motifs is 1. The highest BCUT2D eigenvalue weighted by Crippen LogP contribution is 2.29. The molecule has 3 rings (SSSR count). The van der Waals surface area contributed by atoms with Gasteiger partial charge in [-0.3, -0.25) is 4.79 Å². The molecule has 0 aromatic heterocycles. The minimum atomic E-state index is 0.217. The molecular formula is C15H20N2O. The van der Waals surface area contributed by atoms with Gasteiger partial charge in [0.05, 0.1) is 6.04 Å². The van der Waals surface area contributed by atoms with Crippen LogP contribution in [0.15, 0.2) is 30.3 Å². The number of carbonyl (C=O) groups excluding carboxylic acids is 1. The van der Waals surface area contributed by atoms with Crippen LogP contribution in [-0.4, -0.2) is 24.5 Å². The third-order valence-corrected chi connectivity index (χ3v) is 4.19. The summed E-state index contributed by atoms with van der Waals surface area (Å²) in [6.45, 7) is 0.972. The molecule has 2 fully saturated rings. The van der Waals surface area contributed by atoms with Crippen molar-refractivity contribution in [1.29, 1.82) is 0 Å². The molecule has 0 spiro atoms. The number of hydrogen-bond donors (Lipinski definition) is 2. The smallest absolute Gasteiger partial charge is 0.220 e. The third-order valence-electron chi connectivity index (χ3n) is 4.19. The van der Waals surface area contributed by atoms with E-state index in [2.05, 4.69) is 34.9 Å². The molecule has 0 aliphatic carbocycles. The molecule has 1 aromatic rings. The molecule has 1 aromatic carbocycles. The lowest BCUT2D eigenvalue weighted by atomic mass is 9.88. The first-order valence-electron chi connectivity index (χ1n) is 6.92. The van der Waals surface area contributed by atoms with Crippen molar-refractivity contribution in [2.45, 2.75) is 43.7 Å². The molecule has 0 unspecified atom stereocenters. The first-order chi connectivity index (χ1) is 8.84. The van der Waals surface area contributed by atoms with Crippen LogP contribution >= 0.6 is 0 Å². The van der Waals surface area contributed by atoms with Gasteiger partial charge in [-0.05, 0) is 18.4 Å². The number of nitrogens with one attached hydrogen (secondary N) is 2. The van der Waals surface area contributed by atoms with Crippen molar-refractivity contribution in [3.8, 4) is 0 Å². The zero-order valence-corrected chi connectivity index (χ0v) is 10.6. The van der Waals surface area contributed by atoms with Crippen molar-refractivity contribution in [3.05, 3.63) is 35.9 Å². The summed E-state index contributed by atoms with van der Waals surface area (Å²) in [7, 11) is 0. The number of hydrogen-bond acceptors (Lipinski definition) is 2. The second-order valence-electron chi connectivity index (χ2n) is 5.37. The molecule has 0 saturated carbocycles. The van der Waals surface area contributed by atoms with Crippen molar-refractivity contribution in [1.82, 2.24) is 10.6 Å². The first kappa shape index (κ1) is 11.7. The zero-order chi connectivity index (χ0) is 12.4. The Morgan fingerprint density at radius 2 is 1.94 bits per heavy atom. The van der Waals surface area contributed by atoms with Gasteiger partial charge in [0.15, 0.2) is 0 Å². The maximum absolute atomic E-state index is 11.8. The fourth-order valence-electron chi connectivity index (χ4n) is 3.23. The Morgan fingerprint density at radius 3 is 2.78 bits per heavy atom. The van der Waals surface area contributed by atoms with Gasteiger partial charge in [-0.2, -0.15) is 0 Å². The van der Waals surface area contributed by atoms with E-state index in [4.69, 9.17) is 0 Å². The van der Waals surface area contributed by atoms with Crippen LogP contribution in [0.1, 0.15) is 37.2 Å². The number of benzene rings is 1. The predicted molar refractivity (Wildman–Crippen MR) is 71.4 cm³/mol. The lowest BCUT2D eigenvalue weighted by molar-refractivity contribution is -0.122. The Balaban J connectivity index is 1.82. The number of carbonyl (C=O) groups is 1. The van der Waals surface area contributed by atoms with Crippen LogP contribution in [0.4, 0.5) is 0 Å². The molecule has 2 heterocycles. The Labute approximate surface area is 108 Å². The summed E-state index contributed by atoms with van der Waals surface area (Å²) >= 11 is 0. The van der Waals surface area contributed by atoms with Crippen LogP contribution in [0.2, 0.25) is 0 Å². The lowest BCUT2D eigenvalue weighted by Crippen LogP contribution is -2.46. The van der Waals surface area contributed by atoms with Crippen LogP contribution < -0.4 is 10.6 Å². The molecule has 2 saturated heterocycles. The average Bonchev–Trinajstić information content (AvgIpc) is 2.75. The molecule has 1 amide bonds. The molecule has 2 aliphatic heterocycles. The molecule has 2 aliphatic rings. The van der Waals surface area contributed by atoms with Crippen molar-refractivity contribution in [2.75, 3.05) is 6.54 Å². The topological polar surface area (TPSA) is 41.1 Å². The van der Waals surface area contributed by atoms with Gasteiger partial charge in [-0.15, -0.1) is 0 Å². The molecule has 3 nitrogen and oxygen atoms in total. The highest BCUT2D eigenvalue weighted by atomic mass is 16.1. The molecule has 0 radical (unpaired) electrons. The zero-order valence-electron chi connectivity index (χ0n) is 10.6. The van der Waals surface area contributed by atoms with Crippen LogP contribution in [0.5, 0.6) is 0 Å². The van der Waals surface area contributed by atoms with E-state index < -0.39 is 0 Å². The van der Waals surface area contributed by atoms with Crippen LogP contribution in [-0.2, 0) is 4.79 Å². The predicted octanol–water partition coefficient (Wildman–Crippen LogP) is 1.80. The summed E-state index contributed by atoms with van der Waals surface area (Å²) in [4.78, 5) is 11.8. The fraction of sp³-hybridized carbons (Fsp3) is 0.533. The third kappa shape index (κ3) is 2.27. The van der Waals surface area contributed by atoms with E-state index >= 15 is 0 Å². The van der Waals surface area contributed by atoms with E-state index in [-0.39, 0.29) is 11.9 Å². The number of rotatable bonds is 1. The SMILES string of the molecule is O=C1CCCC[C@H]2NC[C@@H](c3ccccc3)[C@@H]2N1. The second-order valence-corrected chi connectivity index (χ2v) is 5.37. The summed E-state index contributed by atoms with van der Waals surface area (Å²) in [6.07, 6.45) is 4.04. The highest BCUT2D eigenvalue weighted by Gasteiger charge is 2.37. The van der Waals surface area contributed by atoms with E-state index in [1.54, 1.807) is 0 Å². The summed E-state index contributed by atoms with van der Waals surface area (Å²) in [5.74, 6) is 0.632. The van der Waals surface area contributed by atoms with E-state index in [0.717, 1.165) is 19.4 Å². The van der Waals surface area contributed by atoms with E-state index in [9.17, 15) is 4.79 Å². The van der Waals surface area contributed by atoms with Crippen LogP contribution in [0, 0.1) is 0 Å². The Bertz CT molecular complexity index is 418. The highest BCUT2D eigenvalue weighted by molar-refractivity contribution is 5.76. The molecule has 0 bridgehead atoms. The monoisotopic (exact) mass is 244 g/mol. The fourth-order valence-corrected chi connectivity index (χ4v) is 3.23. The van der Waals surface area contributed by atoms with Gasteiger partial charge in [-0.1, -0.05) is 36.8 Å². The molecule has 18 heavy (non-hydrogen) atoms. The Kier molecular flexibility index (Phi) is 3.33. The molecule has 2 N–H and O–H groups in total. The van der Waals surface area contributed by atoms with Crippen molar-refractivity contribution in [3.63, 3.8) is 0 Å². The van der Waals surface area contributed by atoms with Crippen molar-refractivity contribution >= 4 is 5.91 Å². The average molecular weight is 244 g/mol. The van der Waals surface area contributed by atoms with Gasteiger partial charge in [-0.25, -0.2) is 0 Å². The van der Waals surface area contributed by atoms with E-state index in [1.165, 1.54) is 12.0 Å². The Hall–Kier alpha value is -1.35.